The number of nitrogens with zero attached hydrogens (tertiary/aromatic N) is 1. The standard InChI is InChI=1S/C13H17N/c1-10(2)13(4,9-14)12-7-5-11(3)6-8-12/h5-8,10H,1-4H3. The van der Waals surface area contributed by atoms with Crippen LogP contribution in [0.3, 0.4) is 0 Å². The molecule has 1 aromatic carbocycles. The highest BCUT2D eigenvalue weighted by Gasteiger charge is 2.29. The van der Waals surface area contributed by atoms with Crippen LogP contribution in [0.2, 0.25) is 0 Å². The maximum Gasteiger partial charge on any atom is 0.0817 e. The Morgan fingerprint density at radius 3 is 2.07 bits per heavy atom. The van der Waals surface area contributed by atoms with Crippen LogP contribution in [0.25, 0.3) is 0 Å². The maximum atomic E-state index is 9.23. The summed E-state index contributed by atoms with van der Waals surface area (Å²) < 4.78 is 0. The van der Waals surface area contributed by atoms with Crippen molar-refractivity contribution in [2.24, 2.45) is 5.92 Å². The molecule has 0 bridgehead atoms. The number of hydrogen-bond acceptors (Lipinski definition) is 1. The quantitative estimate of drug-likeness (QED) is 0.695. The average molecular weight is 187 g/mol. The average Bonchev–Trinajstić information content (AvgIpc) is 2.17. The van der Waals surface area contributed by atoms with Crippen LogP contribution in [-0.2, 0) is 5.41 Å². The van der Waals surface area contributed by atoms with Crippen LogP contribution in [0.15, 0.2) is 24.3 Å². The molecule has 0 aromatic heterocycles. The van der Waals surface area contributed by atoms with Gasteiger partial charge >= 0.3 is 0 Å². The Hall–Kier alpha value is -1.29. The summed E-state index contributed by atoms with van der Waals surface area (Å²) in [5.74, 6) is 0.329. The van der Waals surface area contributed by atoms with Crippen molar-refractivity contribution in [3.05, 3.63) is 35.4 Å². The molecule has 0 saturated heterocycles. The molecule has 74 valence electrons. The van der Waals surface area contributed by atoms with Crippen molar-refractivity contribution in [3.8, 4) is 6.07 Å². The number of nitriles is 1. The molecule has 1 unspecified atom stereocenters. The van der Waals surface area contributed by atoms with Gasteiger partial charge in [-0.15, -0.1) is 0 Å². The van der Waals surface area contributed by atoms with Crippen molar-refractivity contribution in [2.45, 2.75) is 33.1 Å². The van der Waals surface area contributed by atoms with Gasteiger partial charge in [-0.05, 0) is 25.3 Å². The van der Waals surface area contributed by atoms with Gasteiger partial charge in [0.25, 0.3) is 0 Å². The first kappa shape index (κ1) is 10.8. The van der Waals surface area contributed by atoms with Crippen molar-refractivity contribution >= 4 is 0 Å². The molecule has 0 N–H and O–H groups in total. The van der Waals surface area contributed by atoms with E-state index < -0.39 is 0 Å². The molecule has 1 nitrogen and oxygen atoms in total. The van der Waals surface area contributed by atoms with Gasteiger partial charge in [0.05, 0.1) is 11.5 Å². The molecule has 1 heteroatoms. The van der Waals surface area contributed by atoms with Crippen LogP contribution in [0.5, 0.6) is 0 Å². The van der Waals surface area contributed by atoms with E-state index in [4.69, 9.17) is 0 Å². The van der Waals surface area contributed by atoms with Gasteiger partial charge in [-0.3, -0.25) is 0 Å². The van der Waals surface area contributed by atoms with Gasteiger partial charge in [0.1, 0.15) is 0 Å². The highest BCUT2D eigenvalue weighted by molar-refractivity contribution is 5.33. The predicted molar refractivity (Wildman–Crippen MR) is 59.0 cm³/mol. The van der Waals surface area contributed by atoms with E-state index in [0.29, 0.717) is 5.92 Å². The van der Waals surface area contributed by atoms with Crippen molar-refractivity contribution < 1.29 is 0 Å². The third-order valence-corrected chi connectivity index (χ3v) is 3.04. The zero-order chi connectivity index (χ0) is 10.8. The largest absolute Gasteiger partial charge is 0.197 e. The number of rotatable bonds is 2. The van der Waals surface area contributed by atoms with E-state index in [0.717, 1.165) is 5.56 Å². The van der Waals surface area contributed by atoms with E-state index in [1.165, 1.54) is 5.56 Å². The van der Waals surface area contributed by atoms with Crippen molar-refractivity contribution in [3.63, 3.8) is 0 Å². The van der Waals surface area contributed by atoms with E-state index in [-0.39, 0.29) is 5.41 Å². The Balaban J connectivity index is 3.15. The van der Waals surface area contributed by atoms with Crippen LogP contribution < -0.4 is 0 Å². The zero-order valence-corrected chi connectivity index (χ0v) is 9.33. The molecule has 0 aliphatic carbocycles. The van der Waals surface area contributed by atoms with Gasteiger partial charge in [-0.1, -0.05) is 43.7 Å². The van der Waals surface area contributed by atoms with Gasteiger partial charge in [0.2, 0.25) is 0 Å². The fraction of sp³-hybridized carbons (Fsp3) is 0.462. The minimum absolute atomic E-state index is 0.329. The molecule has 0 radical (unpaired) electrons. The van der Waals surface area contributed by atoms with Gasteiger partial charge in [0, 0.05) is 0 Å². The fourth-order valence-corrected chi connectivity index (χ4v) is 1.43. The number of benzene rings is 1. The molecule has 0 aliphatic rings. The van der Waals surface area contributed by atoms with Gasteiger partial charge < -0.3 is 0 Å². The summed E-state index contributed by atoms with van der Waals surface area (Å²) in [6, 6.07) is 10.6. The minimum atomic E-state index is -0.367. The highest BCUT2D eigenvalue weighted by Crippen LogP contribution is 2.31. The minimum Gasteiger partial charge on any atom is -0.197 e. The van der Waals surface area contributed by atoms with Crippen LogP contribution in [0.4, 0.5) is 0 Å². The Labute approximate surface area is 86.4 Å². The first-order valence-corrected chi connectivity index (χ1v) is 4.99. The second kappa shape index (κ2) is 3.84. The Kier molecular flexibility index (Phi) is 2.96. The summed E-state index contributed by atoms with van der Waals surface area (Å²) >= 11 is 0. The van der Waals surface area contributed by atoms with Crippen LogP contribution in [0.1, 0.15) is 31.9 Å². The molecule has 14 heavy (non-hydrogen) atoms. The normalized spacial score (nSPS) is 14.9. The SMILES string of the molecule is Cc1ccc(C(C)(C#N)C(C)C)cc1. The summed E-state index contributed by atoms with van der Waals surface area (Å²) in [7, 11) is 0. The summed E-state index contributed by atoms with van der Waals surface area (Å²) in [6.07, 6.45) is 0. The van der Waals surface area contributed by atoms with E-state index in [9.17, 15) is 5.26 Å². The Morgan fingerprint density at radius 1 is 1.21 bits per heavy atom. The Bertz CT molecular complexity index is 342. The molecular formula is C13H17N. The second-order valence-electron chi connectivity index (χ2n) is 4.33. The predicted octanol–water partition coefficient (Wildman–Crippen LogP) is 3.43. The molecule has 1 rings (SSSR count). The zero-order valence-electron chi connectivity index (χ0n) is 9.33. The topological polar surface area (TPSA) is 23.8 Å². The van der Waals surface area contributed by atoms with E-state index in [1.807, 2.05) is 6.92 Å². The van der Waals surface area contributed by atoms with Crippen molar-refractivity contribution in [1.29, 1.82) is 5.26 Å². The fourth-order valence-electron chi connectivity index (χ4n) is 1.43. The molecule has 0 fully saturated rings. The lowest BCUT2D eigenvalue weighted by Crippen LogP contribution is -2.26. The van der Waals surface area contributed by atoms with Gasteiger partial charge in [-0.2, -0.15) is 5.26 Å². The van der Waals surface area contributed by atoms with Gasteiger partial charge in [0.15, 0.2) is 0 Å². The number of hydrogen-bond donors (Lipinski definition) is 0. The molecule has 0 heterocycles. The molecule has 0 amide bonds. The van der Waals surface area contributed by atoms with Crippen LogP contribution >= 0.6 is 0 Å². The molecule has 0 spiro atoms. The molecule has 0 saturated carbocycles. The summed E-state index contributed by atoms with van der Waals surface area (Å²) in [5, 5.41) is 9.23. The molecule has 1 aromatic rings. The summed E-state index contributed by atoms with van der Waals surface area (Å²) in [6.45, 7) is 8.23. The van der Waals surface area contributed by atoms with Crippen LogP contribution in [-0.4, -0.2) is 0 Å². The Morgan fingerprint density at radius 2 is 1.71 bits per heavy atom. The van der Waals surface area contributed by atoms with Gasteiger partial charge in [-0.25, -0.2) is 0 Å². The highest BCUT2D eigenvalue weighted by atomic mass is 14.4. The first-order chi connectivity index (χ1) is 6.50. The van der Waals surface area contributed by atoms with Crippen LogP contribution in [0, 0.1) is 24.2 Å². The van der Waals surface area contributed by atoms with Crippen molar-refractivity contribution in [2.75, 3.05) is 0 Å². The maximum absolute atomic E-state index is 9.23. The second-order valence-corrected chi connectivity index (χ2v) is 4.33. The molecule has 1 atom stereocenters. The monoisotopic (exact) mass is 187 g/mol. The summed E-state index contributed by atoms with van der Waals surface area (Å²) in [4.78, 5) is 0. The lowest BCUT2D eigenvalue weighted by atomic mass is 9.74. The van der Waals surface area contributed by atoms with E-state index in [1.54, 1.807) is 0 Å². The van der Waals surface area contributed by atoms with Crippen molar-refractivity contribution in [1.82, 2.24) is 0 Å². The lowest BCUT2D eigenvalue weighted by molar-refractivity contribution is 0.431. The first-order valence-electron chi connectivity index (χ1n) is 4.99. The van der Waals surface area contributed by atoms with E-state index >= 15 is 0 Å². The number of aryl methyl sites for hydroxylation is 1. The summed E-state index contributed by atoms with van der Waals surface area (Å²) in [5.41, 5.74) is 1.98. The smallest absolute Gasteiger partial charge is 0.0817 e. The lowest BCUT2D eigenvalue weighted by Gasteiger charge is -2.26. The third kappa shape index (κ3) is 1.80. The third-order valence-electron chi connectivity index (χ3n) is 3.04. The molecular weight excluding hydrogens is 170 g/mol. The van der Waals surface area contributed by atoms with E-state index in [2.05, 4.69) is 51.1 Å². The molecule has 0 aliphatic heterocycles.